The average Bonchev–Trinajstić information content (AvgIpc) is 3.43. The highest BCUT2D eigenvalue weighted by molar-refractivity contribution is 5.94. The third-order valence-corrected chi connectivity index (χ3v) is 5.68. The minimum Gasteiger partial charge on any atom is -0.497 e. The van der Waals surface area contributed by atoms with E-state index in [0.717, 1.165) is 39.7 Å². The quantitative estimate of drug-likeness (QED) is 0.374. The first-order valence-electron chi connectivity index (χ1n) is 11.2. The lowest BCUT2D eigenvalue weighted by atomic mass is 10.1. The number of carbonyl (C=O) groups is 1. The SMILES string of the molecule is COc1ccc(-c2cccc3nc(Nc4ccc(C(=O)NCc5cc(C)nn5C)cc4)nn23)cc1. The van der Waals surface area contributed by atoms with Gasteiger partial charge < -0.3 is 15.4 Å². The first-order valence-corrected chi connectivity index (χ1v) is 11.2. The zero-order valence-corrected chi connectivity index (χ0v) is 19.7. The summed E-state index contributed by atoms with van der Waals surface area (Å²) >= 11 is 0. The molecule has 0 bridgehead atoms. The fraction of sp³-hybridized carbons (Fsp3) is 0.154. The van der Waals surface area contributed by atoms with E-state index in [1.807, 2.05) is 74.6 Å². The molecule has 35 heavy (non-hydrogen) atoms. The summed E-state index contributed by atoms with van der Waals surface area (Å²) in [4.78, 5) is 17.1. The Kier molecular flexibility index (Phi) is 5.88. The van der Waals surface area contributed by atoms with Crippen molar-refractivity contribution in [1.82, 2.24) is 29.7 Å². The number of aryl methyl sites for hydroxylation is 2. The van der Waals surface area contributed by atoms with Crippen molar-refractivity contribution in [3.63, 3.8) is 0 Å². The summed E-state index contributed by atoms with van der Waals surface area (Å²) in [6, 6.07) is 22.8. The van der Waals surface area contributed by atoms with E-state index in [2.05, 4.69) is 25.8 Å². The van der Waals surface area contributed by atoms with E-state index < -0.39 is 0 Å². The van der Waals surface area contributed by atoms with E-state index in [9.17, 15) is 4.79 Å². The Hall–Kier alpha value is -4.66. The zero-order chi connectivity index (χ0) is 24.4. The molecule has 0 aliphatic rings. The summed E-state index contributed by atoms with van der Waals surface area (Å²) in [5, 5.41) is 15.1. The van der Waals surface area contributed by atoms with Crippen LogP contribution >= 0.6 is 0 Å². The molecule has 1 amide bonds. The molecule has 3 aromatic heterocycles. The number of pyridine rings is 1. The monoisotopic (exact) mass is 467 g/mol. The van der Waals surface area contributed by atoms with Crippen molar-refractivity contribution >= 4 is 23.2 Å². The van der Waals surface area contributed by atoms with Crippen molar-refractivity contribution in [2.45, 2.75) is 13.5 Å². The number of rotatable bonds is 7. The average molecular weight is 468 g/mol. The van der Waals surface area contributed by atoms with Crippen LogP contribution in [-0.4, -0.2) is 37.4 Å². The molecule has 9 nitrogen and oxygen atoms in total. The Balaban J connectivity index is 1.29. The van der Waals surface area contributed by atoms with Crippen LogP contribution < -0.4 is 15.4 Å². The number of fused-ring (bicyclic) bond motifs is 1. The number of aromatic nitrogens is 5. The minimum atomic E-state index is -0.148. The molecule has 0 spiro atoms. The molecule has 2 aromatic carbocycles. The predicted octanol–water partition coefficient (Wildman–Crippen LogP) is 4.12. The molecule has 176 valence electrons. The van der Waals surface area contributed by atoms with E-state index >= 15 is 0 Å². The van der Waals surface area contributed by atoms with Crippen LogP contribution in [0.15, 0.2) is 72.8 Å². The summed E-state index contributed by atoms with van der Waals surface area (Å²) in [5.41, 5.74) is 5.86. The van der Waals surface area contributed by atoms with Crippen molar-refractivity contribution in [3.8, 4) is 17.0 Å². The van der Waals surface area contributed by atoms with Gasteiger partial charge in [0.1, 0.15) is 5.75 Å². The lowest BCUT2D eigenvalue weighted by Gasteiger charge is -2.07. The number of ether oxygens (including phenoxy) is 1. The Bertz CT molecular complexity index is 1480. The zero-order valence-electron chi connectivity index (χ0n) is 19.7. The number of hydrogen-bond acceptors (Lipinski definition) is 6. The number of nitrogens with zero attached hydrogens (tertiary/aromatic N) is 5. The van der Waals surface area contributed by atoms with Crippen molar-refractivity contribution < 1.29 is 9.53 Å². The van der Waals surface area contributed by atoms with Gasteiger partial charge in [0.05, 0.1) is 30.7 Å². The summed E-state index contributed by atoms with van der Waals surface area (Å²) in [6.07, 6.45) is 0. The van der Waals surface area contributed by atoms with E-state index in [0.29, 0.717) is 18.1 Å². The van der Waals surface area contributed by atoms with E-state index in [1.165, 1.54) is 0 Å². The van der Waals surface area contributed by atoms with Gasteiger partial charge in [0, 0.05) is 23.9 Å². The third-order valence-electron chi connectivity index (χ3n) is 5.68. The van der Waals surface area contributed by atoms with Crippen LogP contribution in [0.1, 0.15) is 21.7 Å². The smallest absolute Gasteiger partial charge is 0.251 e. The molecule has 0 radical (unpaired) electrons. The molecule has 5 aromatic rings. The maximum absolute atomic E-state index is 12.5. The van der Waals surface area contributed by atoms with Gasteiger partial charge in [0.2, 0.25) is 5.95 Å². The van der Waals surface area contributed by atoms with Gasteiger partial charge in [-0.1, -0.05) is 6.07 Å². The van der Waals surface area contributed by atoms with Crippen LogP contribution in [0.5, 0.6) is 5.75 Å². The van der Waals surface area contributed by atoms with Crippen LogP contribution in [-0.2, 0) is 13.6 Å². The van der Waals surface area contributed by atoms with Gasteiger partial charge in [-0.05, 0) is 73.7 Å². The summed E-state index contributed by atoms with van der Waals surface area (Å²) in [5.74, 6) is 1.12. The second kappa shape index (κ2) is 9.30. The molecule has 3 heterocycles. The highest BCUT2D eigenvalue weighted by Crippen LogP contribution is 2.24. The second-order valence-electron chi connectivity index (χ2n) is 8.13. The van der Waals surface area contributed by atoms with Crippen LogP contribution in [0.3, 0.4) is 0 Å². The lowest BCUT2D eigenvalue weighted by molar-refractivity contribution is 0.0950. The Labute approximate surface area is 202 Å². The molecule has 0 aliphatic heterocycles. The van der Waals surface area contributed by atoms with Gasteiger partial charge >= 0.3 is 0 Å². The van der Waals surface area contributed by atoms with Crippen molar-refractivity contribution in [2.75, 3.05) is 12.4 Å². The molecule has 0 unspecified atom stereocenters. The Morgan fingerprint density at radius 1 is 1.00 bits per heavy atom. The van der Waals surface area contributed by atoms with Gasteiger partial charge in [-0.25, -0.2) is 4.52 Å². The van der Waals surface area contributed by atoms with Crippen LogP contribution in [0.25, 0.3) is 16.9 Å². The van der Waals surface area contributed by atoms with Gasteiger partial charge in [-0.15, -0.1) is 5.10 Å². The van der Waals surface area contributed by atoms with Gasteiger partial charge in [-0.3, -0.25) is 9.48 Å². The maximum Gasteiger partial charge on any atom is 0.251 e. The predicted molar refractivity (Wildman–Crippen MR) is 134 cm³/mol. The van der Waals surface area contributed by atoms with Crippen LogP contribution in [0, 0.1) is 6.92 Å². The first-order chi connectivity index (χ1) is 17.0. The molecule has 9 heteroatoms. The number of amides is 1. The standard InChI is InChI=1S/C26H25N7O2/c1-17-15-21(32(2)30-17)16-27-25(34)19-7-11-20(12-8-19)28-26-29-24-6-4-5-23(33(24)31-26)18-9-13-22(35-3)14-10-18/h4-15H,16H2,1-3H3,(H,27,34)(H,28,31). The third kappa shape index (κ3) is 4.70. The summed E-state index contributed by atoms with van der Waals surface area (Å²) in [6.45, 7) is 2.34. The van der Waals surface area contributed by atoms with E-state index in [4.69, 9.17) is 4.74 Å². The van der Waals surface area contributed by atoms with E-state index in [1.54, 1.807) is 28.4 Å². The maximum atomic E-state index is 12.5. The van der Waals surface area contributed by atoms with Crippen LogP contribution in [0.4, 0.5) is 11.6 Å². The van der Waals surface area contributed by atoms with Gasteiger partial charge in [-0.2, -0.15) is 10.1 Å². The number of hydrogen-bond donors (Lipinski definition) is 2. The minimum absolute atomic E-state index is 0.148. The van der Waals surface area contributed by atoms with Gasteiger partial charge in [0.25, 0.3) is 5.91 Å². The van der Waals surface area contributed by atoms with Crippen molar-refractivity contribution in [1.29, 1.82) is 0 Å². The molecule has 5 rings (SSSR count). The molecule has 0 fully saturated rings. The molecule has 0 atom stereocenters. The first kappa shape index (κ1) is 22.1. The fourth-order valence-electron chi connectivity index (χ4n) is 3.88. The lowest BCUT2D eigenvalue weighted by Crippen LogP contribution is -2.23. The Morgan fingerprint density at radius 3 is 2.46 bits per heavy atom. The van der Waals surface area contributed by atoms with Gasteiger partial charge in [0.15, 0.2) is 5.65 Å². The highest BCUT2D eigenvalue weighted by Gasteiger charge is 2.11. The molecule has 0 saturated heterocycles. The van der Waals surface area contributed by atoms with E-state index in [-0.39, 0.29) is 5.91 Å². The molecule has 0 saturated carbocycles. The molecule has 2 N–H and O–H groups in total. The molecule has 0 aliphatic carbocycles. The number of anilines is 2. The fourth-order valence-corrected chi connectivity index (χ4v) is 3.88. The topological polar surface area (TPSA) is 98.4 Å². The number of carbonyl (C=O) groups excluding carboxylic acids is 1. The Morgan fingerprint density at radius 2 is 1.77 bits per heavy atom. The normalized spacial score (nSPS) is 10.9. The number of nitrogens with one attached hydrogen (secondary N) is 2. The summed E-state index contributed by atoms with van der Waals surface area (Å²) < 4.78 is 8.82. The second-order valence-corrected chi connectivity index (χ2v) is 8.13. The van der Waals surface area contributed by atoms with Crippen molar-refractivity contribution in [3.05, 3.63) is 89.7 Å². The van der Waals surface area contributed by atoms with Crippen molar-refractivity contribution in [2.24, 2.45) is 7.05 Å². The number of benzene rings is 2. The number of methoxy groups -OCH3 is 1. The molecular formula is C26H25N7O2. The highest BCUT2D eigenvalue weighted by atomic mass is 16.5. The van der Waals surface area contributed by atoms with Crippen LogP contribution in [0.2, 0.25) is 0 Å². The summed E-state index contributed by atoms with van der Waals surface area (Å²) in [7, 11) is 3.51. The molecular weight excluding hydrogens is 442 g/mol. The largest absolute Gasteiger partial charge is 0.497 e.